The maximum Gasteiger partial charge on any atom is 0.328 e. The Bertz CT molecular complexity index is 334. The van der Waals surface area contributed by atoms with Crippen molar-refractivity contribution in [3.05, 3.63) is 29.6 Å². The molecule has 0 saturated carbocycles. The van der Waals surface area contributed by atoms with Gasteiger partial charge in [0.05, 0.1) is 0 Å². The Hall–Kier alpha value is -1.42. The molecule has 4 nitrogen and oxygen atoms in total. The molecule has 70 valence electrons. The molecule has 0 unspecified atom stereocenters. The Morgan fingerprint density at radius 2 is 2.31 bits per heavy atom. The van der Waals surface area contributed by atoms with E-state index in [4.69, 9.17) is 10.8 Å². The lowest BCUT2D eigenvalue weighted by atomic mass is 9.91. The van der Waals surface area contributed by atoms with Gasteiger partial charge in [-0.2, -0.15) is 0 Å². The molecular weight excluding hydrogens is 168 g/mol. The second-order valence-electron chi connectivity index (χ2n) is 3.20. The first-order chi connectivity index (χ1) is 5.96. The molecule has 1 aromatic heterocycles. The van der Waals surface area contributed by atoms with Crippen molar-refractivity contribution >= 4 is 5.97 Å². The van der Waals surface area contributed by atoms with E-state index in [2.05, 4.69) is 4.98 Å². The van der Waals surface area contributed by atoms with E-state index in [1.165, 1.54) is 13.1 Å². The largest absolute Gasteiger partial charge is 0.480 e. The zero-order valence-corrected chi connectivity index (χ0v) is 7.61. The minimum absolute atomic E-state index is 0.544. The molecule has 0 saturated heterocycles. The van der Waals surface area contributed by atoms with Gasteiger partial charge in [-0.3, -0.25) is 4.98 Å². The third kappa shape index (κ3) is 1.67. The van der Waals surface area contributed by atoms with Gasteiger partial charge in [-0.25, -0.2) is 4.79 Å². The van der Waals surface area contributed by atoms with E-state index in [0.717, 1.165) is 5.56 Å². The zero-order chi connectivity index (χ0) is 10.1. The lowest BCUT2D eigenvalue weighted by Gasteiger charge is -2.20. The molecule has 0 aliphatic rings. The van der Waals surface area contributed by atoms with Gasteiger partial charge in [0.15, 0.2) is 0 Å². The summed E-state index contributed by atoms with van der Waals surface area (Å²) in [5, 5.41) is 8.87. The number of hydrogen-bond acceptors (Lipinski definition) is 3. The van der Waals surface area contributed by atoms with Crippen molar-refractivity contribution in [3.63, 3.8) is 0 Å². The van der Waals surface area contributed by atoms with Gasteiger partial charge in [0.2, 0.25) is 0 Å². The van der Waals surface area contributed by atoms with Crippen LogP contribution in [0, 0.1) is 6.92 Å². The Morgan fingerprint density at radius 1 is 1.69 bits per heavy atom. The first-order valence-electron chi connectivity index (χ1n) is 3.89. The van der Waals surface area contributed by atoms with Crippen LogP contribution < -0.4 is 5.73 Å². The summed E-state index contributed by atoms with van der Waals surface area (Å²) < 4.78 is 0. The Morgan fingerprint density at radius 3 is 2.77 bits per heavy atom. The molecule has 3 N–H and O–H groups in total. The highest BCUT2D eigenvalue weighted by Gasteiger charge is 2.31. The molecule has 1 heterocycles. The summed E-state index contributed by atoms with van der Waals surface area (Å²) in [5.74, 6) is -1.05. The van der Waals surface area contributed by atoms with Crippen LogP contribution in [0.5, 0.6) is 0 Å². The lowest BCUT2D eigenvalue weighted by Crippen LogP contribution is -2.42. The summed E-state index contributed by atoms with van der Waals surface area (Å²) in [7, 11) is 0. The van der Waals surface area contributed by atoms with E-state index in [9.17, 15) is 4.79 Å². The second-order valence-corrected chi connectivity index (χ2v) is 3.20. The number of pyridine rings is 1. The number of aryl methyl sites for hydroxylation is 1. The van der Waals surface area contributed by atoms with Crippen LogP contribution in [0.3, 0.4) is 0 Å². The van der Waals surface area contributed by atoms with Gasteiger partial charge in [0, 0.05) is 18.0 Å². The molecule has 0 spiro atoms. The number of carbonyl (C=O) groups is 1. The Labute approximate surface area is 76.4 Å². The molecule has 1 atom stereocenters. The highest BCUT2D eigenvalue weighted by molar-refractivity contribution is 5.80. The summed E-state index contributed by atoms with van der Waals surface area (Å²) in [6, 6.07) is 1.74. The molecule has 0 aromatic carbocycles. The van der Waals surface area contributed by atoms with Gasteiger partial charge in [0.1, 0.15) is 5.54 Å². The number of aliphatic carboxylic acids is 1. The number of hydrogen-bond donors (Lipinski definition) is 2. The van der Waals surface area contributed by atoms with Crippen molar-refractivity contribution in [2.45, 2.75) is 19.4 Å². The Kier molecular flexibility index (Phi) is 2.34. The molecule has 0 radical (unpaired) electrons. The fourth-order valence-corrected chi connectivity index (χ4v) is 1.12. The van der Waals surface area contributed by atoms with Crippen LogP contribution in [-0.2, 0) is 10.3 Å². The number of carboxylic acid groups (broad SMARTS) is 1. The van der Waals surface area contributed by atoms with E-state index in [1.54, 1.807) is 12.3 Å². The van der Waals surface area contributed by atoms with Crippen LogP contribution in [-0.4, -0.2) is 16.1 Å². The van der Waals surface area contributed by atoms with E-state index in [0.29, 0.717) is 5.56 Å². The average molecular weight is 180 g/mol. The number of nitrogens with two attached hydrogens (primary N) is 1. The topological polar surface area (TPSA) is 76.2 Å². The van der Waals surface area contributed by atoms with Crippen molar-refractivity contribution in [2.75, 3.05) is 0 Å². The number of carboxylic acids is 1. The molecular formula is C9H12N2O2. The van der Waals surface area contributed by atoms with Crippen LogP contribution in [0.1, 0.15) is 18.1 Å². The first-order valence-corrected chi connectivity index (χ1v) is 3.89. The lowest BCUT2D eigenvalue weighted by molar-refractivity contribution is -0.143. The summed E-state index contributed by atoms with van der Waals surface area (Å²) in [6.07, 6.45) is 3.10. The number of nitrogens with zero attached hydrogens (tertiary/aromatic N) is 1. The number of aromatic nitrogens is 1. The third-order valence-electron chi connectivity index (χ3n) is 2.04. The quantitative estimate of drug-likeness (QED) is 0.700. The predicted molar refractivity (Wildman–Crippen MR) is 48.1 cm³/mol. The van der Waals surface area contributed by atoms with Gasteiger partial charge < -0.3 is 10.8 Å². The van der Waals surface area contributed by atoms with Crippen molar-refractivity contribution in [2.24, 2.45) is 5.73 Å². The molecule has 1 rings (SSSR count). The maximum absolute atomic E-state index is 10.8. The minimum atomic E-state index is -1.36. The summed E-state index contributed by atoms with van der Waals surface area (Å²) in [5.41, 5.74) is 5.66. The monoisotopic (exact) mass is 180 g/mol. The summed E-state index contributed by atoms with van der Waals surface area (Å²) in [4.78, 5) is 14.7. The van der Waals surface area contributed by atoms with Crippen molar-refractivity contribution in [3.8, 4) is 0 Å². The van der Waals surface area contributed by atoms with Crippen molar-refractivity contribution < 1.29 is 9.90 Å². The van der Waals surface area contributed by atoms with E-state index in [1.807, 2.05) is 6.92 Å². The normalized spacial score (nSPS) is 15.0. The molecule has 4 heteroatoms. The van der Waals surface area contributed by atoms with E-state index in [-0.39, 0.29) is 0 Å². The van der Waals surface area contributed by atoms with Gasteiger partial charge >= 0.3 is 5.97 Å². The van der Waals surface area contributed by atoms with Crippen LogP contribution in [0.15, 0.2) is 18.5 Å². The fraction of sp³-hybridized carbons (Fsp3) is 0.333. The smallest absolute Gasteiger partial charge is 0.328 e. The molecule has 0 fully saturated rings. The highest BCUT2D eigenvalue weighted by Crippen LogP contribution is 2.20. The Balaban J connectivity index is 3.22. The van der Waals surface area contributed by atoms with Crippen molar-refractivity contribution in [1.82, 2.24) is 4.98 Å². The van der Waals surface area contributed by atoms with Crippen LogP contribution in [0.25, 0.3) is 0 Å². The van der Waals surface area contributed by atoms with Crippen LogP contribution in [0.2, 0.25) is 0 Å². The summed E-state index contributed by atoms with van der Waals surface area (Å²) >= 11 is 0. The van der Waals surface area contributed by atoms with Crippen molar-refractivity contribution in [1.29, 1.82) is 0 Å². The van der Waals surface area contributed by atoms with Gasteiger partial charge in [-0.15, -0.1) is 0 Å². The number of rotatable bonds is 2. The van der Waals surface area contributed by atoms with Gasteiger partial charge in [-0.1, -0.05) is 0 Å². The van der Waals surface area contributed by atoms with E-state index >= 15 is 0 Å². The molecule has 1 aromatic rings. The predicted octanol–water partition coefficient (Wildman–Crippen LogP) is 0.649. The fourth-order valence-electron chi connectivity index (χ4n) is 1.12. The minimum Gasteiger partial charge on any atom is -0.480 e. The molecule has 0 aliphatic heterocycles. The molecule has 0 amide bonds. The molecule has 0 bridgehead atoms. The average Bonchev–Trinajstić information content (AvgIpc) is 2.04. The first kappa shape index (κ1) is 9.67. The summed E-state index contributed by atoms with van der Waals surface area (Å²) in [6.45, 7) is 3.27. The maximum atomic E-state index is 10.8. The van der Waals surface area contributed by atoms with E-state index < -0.39 is 11.5 Å². The highest BCUT2D eigenvalue weighted by atomic mass is 16.4. The SMILES string of the molecule is Cc1ccncc1[C@](C)(N)C(=O)O. The zero-order valence-electron chi connectivity index (χ0n) is 7.61. The third-order valence-corrected chi connectivity index (χ3v) is 2.04. The van der Waals surface area contributed by atoms with Crippen LogP contribution >= 0.6 is 0 Å². The molecule has 0 aliphatic carbocycles. The molecule has 13 heavy (non-hydrogen) atoms. The van der Waals surface area contributed by atoms with Gasteiger partial charge in [-0.05, 0) is 25.5 Å². The second kappa shape index (κ2) is 3.14. The van der Waals surface area contributed by atoms with Gasteiger partial charge in [0.25, 0.3) is 0 Å². The van der Waals surface area contributed by atoms with Crippen LogP contribution in [0.4, 0.5) is 0 Å². The standard InChI is InChI=1S/C9H12N2O2/c1-6-3-4-11-5-7(6)9(2,10)8(12)13/h3-5H,10H2,1-2H3,(H,12,13)/t9-/m0/s1.